The fourth-order valence-corrected chi connectivity index (χ4v) is 2.20. The Kier molecular flexibility index (Phi) is 5.40. The first-order valence-electron chi connectivity index (χ1n) is 6.06. The van der Waals surface area contributed by atoms with E-state index in [9.17, 15) is 0 Å². The molecule has 17 heavy (non-hydrogen) atoms. The third-order valence-corrected chi connectivity index (χ3v) is 3.02. The maximum absolute atomic E-state index is 5.80. The molecule has 1 rings (SSSR count). The first-order chi connectivity index (χ1) is 7.95. The molecule has 0 unspecified atom stereocenters. The molecule has 0 bridgehead atoms. The molecule has 0 aromatic carbocycles. The number of hydrogen-bond acceptors (Lipinski definition) is 3. The van der Waals surface area contributed by atoms with Crippen molar-refractivity contribution in [2.24, 2.45) is 11.7 Å². The van der Waals surface area contributed by atoms with E-state index in [2.05, 4.69) is 59.6 Å². The third kappa shape index (κ3) is 3.96. The average molecular weight is 300 g/mol. The summed E-state index contributed by atoms with van der Waals surface area (Å²) in [6.45, 7) is 10.3. The van der Waals surface area contributed by atoms with Crippen LogP contribution in [0.25, 0.3) is 0 Å². The molecule has 3 nitrogen and oxygen atoms in total. The lowest BCUT2D eigenvalue weighted by Crippen LogP contribution is -2.35. The number of anilines is 1. The van der Waals surface area contributed by atoms with Gasteiger partial charge in [0.1, 0.15) is 5.82 Å². The molecule has 0 saturated heterocycles. The highest BCUT2D eigenvalue weighted by atomic mass is 79.9. The predicted octanol–water partition coefficient (Wildman–Crippen LogP) is 3.17. The molecule has 0 spiro atoms. The quantitative estimate of drug-likeness (QED) is 0.908. The van der Waals surface area contributed by atoms with E-state index >= 15 is 0 Å². The van der Waals surface area contributed by atoms with Crippen LogP contribution in [-0.4, -0.2) is 17.6 Å². The second-order valence-corrected chi connectivity index (χ2v) is 5.90. The van der Waals surface area contributed by atoms with E-state index in [1.54, 1.807) is 0 Å². The lowest BCUT2D eigenvalue weighted by molar-refractivity contribution is 0.564. The first kappa shape index (κ1) is 14.5. The molecule has 2 N–H and O–H groups in total. The van der Waals surface area contributed by atoms with E-state index in [0.29, 0.717) is 18.5 Å². The zero-order chi connectivity index (χ0) is 13.0. The summed E-state index contributed by atoms with van der Waals surface area (Å²) < 4.78 is 0.981. The van der Waals surface area contributed by atoms with Crippen LogP contribution in [0.1, 0.15) is 33.3 Å². The molecule has 0 saturated carbocycles. The van der Waals surface area contributed by atoms with Crippen molar-refractivity contribution in [2.45, 2.75) is 40.3 Å². The topological polar surface area (TPSA) is 42.2 Å². The summed E-state index contributed by atoms with van der Waals surface area (Å²) in [5, 5.41) is 0. The van der Waals surface area contributed by atoms with Gasteiger partial charge in [0.05, 0.1) is 0 Å². The van der Waals surface area contributed by atoms with Gasteiger partial charge in [-0.25, -0.2) is 4.98 Å². The normalized spacial score (nSPS) is 11.3. The molecule has 4 heteroatoms. The average Bonchev–Trinajstić information content (AvgIpc) is 2.25. The van der Waals surface area contributed by atoms with Crippen molar-refractivity contribution in [2.75, 3.05) is 11.4 Å². The summed E-state index contributed by atoms with van der Waals surface area (Å²) in [5.41, 5.74) is 6.89. The van der Waals surface area contributed by atoms with E-state index in [0.717, 1.165) is 22.4 Å². The van der Waals surface area contributed by atoms with Crippen LogP contribution in [0, 0.1) is 5.92 Å². The fraction of sp³-hybridized carbons (Fsp3) is 0.615. The van der Waals surface area contributed by atoms with E-state index in [4.69, 9.17) is 5.73 Å². The van der Waals surface area contributed by atoms with E-state index < -0.39 is 0 Å². The standard InChI is InChI=1S/C13H22BrN3/c1-9(2)8-17(10(3)4)13-11(6-15)5-12(14)7-16-13/h5,7,9-10H,6,8,15H2,1-4H3. The molecule has 0 aliphatic rings. The molecular formula is C13H22BrN3. The van der Waals surface area contributed by atoms with Gasteiger partial charge in [-0.2, -0.15) is 0 Å². The van der Waals surface area contributed by atoms with Crippen molar-refractivity contribution in [3.05, 3.63) is 22.3 Å². The summed E-state index contributed by atoms with van der Waals surface area (Å²) in [5.74, 6) is 1.62. The minimum atomic E-state index is 0.427. The molecule has 0 amide bonds. The SMILES string of the molecule is CC(C)CN(c1ncc(Br)cc1CN)C(C)C. The van der Waals surface area contributed by atoms with Gasteiger partial charge in [0.2, 0.25) is 0 Å². The van der Waals surface area contributed by atoms with Crippen LogP contribution in [0.15, 0.2) is 16.7 Å². The Morgan fingerprint density at radius 2 is 2.00 bits per heavy atom. The second kappa shape index (κ2) is 6.36. The fourth-order valence-electron chi connectivity index (χ4n) is 1.82. The van der Waals surface area contributed by atoms with Crippen LogP contribution in [0.3, 0.4) is 0 Å². The lowest BCUT2D eigenvalue weighted by atomic mass is 10.1. The highest BCUT2D eigenvalue weighted by Crippen LogP contribution is 2.23. The zero-order valence-corrected chi connectivity index (χ0v) is 12.7. The minimum absolute atomic E-state index is 0.427. The van der Waals surface area contributed by atoms with E-state index in [1.807, 2.05) is 6.20 Å². The number of halogens is 1. The highest BCUT2D eigenvalue weighted by molar-refractivity contribution is 9.10. The van der Waals surface area contributed by atoms with Gasteiger partial charge in [-0.1, -0.05) is 13.8 Å². The second-order valence-electron chi connectivity index (χ2n) is 4.98. The summed E-state index contributed by atoms with van der Waals surface area (Å²) in [6, 6.07) is 2.48. The zero-order valence-electron chi connectivity index (χ0n) is 11.1. The summed E-state index contributed by atoms with van der Waals surface area (Å²) in [4.78, 5) is 6.84. The molecule has 96 valence electrons. The van der Waals surface area contributed by atoms with Crippen LogP contribution in [0.4, 0.5) is 5.82 Å². The third-order valence-electron chi connectivity index (χ3n) is 2.59. The van der Waals surface area contributed by atoms with Crippen molar-refractivity contribution >= 4 is 21.7 Å². The Hall–Kier alpha value is -0.610. The predicted molar refractivity (Wildman–Crippen MR) is 77.1 cm³/mol. The number of nitrogens with zero attached hydrogens (tertiary/aromatic N) is 2. The van der Waals surface area contributed by atoms with Gasteiger partial charge in [0.15, 0.2) is 0 Å². The van der Waals surface area contributed by atoms with Crippen molar-refractivity contribution in [3.63, 3.8) is 0 Å². The molecule has 0 atom stereocenters. The largest absolute Gasteiger partial charge is 0.354 e. The minimum Gasteiger partial charge on any atom is -0.354 e. The number of aromatic nitrogens is 1. The summed E-state index contributed by atoms with van der Waals surface area (Å²) in [6.07, 6.45) is 1.84. The molecule has 1 aromatic heterocycles. The van der Waals surface area contributed by atoms with Gasteiger partial charge in [-0.15, -0.1) is 0 Å². The van der Waals surface area contributed by atoms with Gasteiger partial charge in [-0.05, 0) is 41.8 Å². The van der Waals surface area contributed by atoms with Crippen molar-refractivity contribution in [3.8, 4) is 0 Å². The van der Waals surface area contributed by atoms with Crippen molar-refractivity contribution in [1.29, 1.82) is 0 Å². The molecule has 1 heterocycles. The van der Waals surface area contributed by atoms with Crippen molar-refractivity contribution < 1.29 is 0 Å². The van der Waals surface area contributed by atoms with Crippen LogP contribution in [0.5, 0.6) is 0 Å². The Morgan fingerprint density at radius 1 is 1.35 bits per heavy atom. The molecular weight excluding hydrogens is 278 g/mol. The molecule has 0 aliphatic heterocycles. The highest BCUT2D eigenvalue weighted by Gasteiger charge is 2.16. The van der Waals surface area contributed by atoms with Gasteiger partial charge >= 0.3 is 0 Å². The monoisotopic (exact) mass is 299 g/mol. The Balaban J connectivity index is 3.08. The Bertz CT molecular complexity index is 364. The number of nitrogens with two attached hydrogens (primary N) is 1. The number of pyridine rings is 1. The smallest absolute Gasteiger partial charge is 0.133 e. The summed E-state index contributed by atoms with van der Waals surface area (Å²) >= 11 is 3.44. The van der Waals surface area contributed by atoms with Crippen LogP contribution in [0.2, 0.25) is 0 Å². The Labute approximate surface area is 113 Å². The Morgan fingerprint density at radius 3 is 2.47 bits per heavy atom. The maximum Gasteiger partial charge on any atom is 0.133 e. The number of rotatable bonds is 5. The lowest BCUT2D eigenvalue weighted by Gasteiger charge is -2.31. The summed E-state index contributed by atoms with van der Waals surface area (Å²) in [7, 11) is 0. The molecule has 1 aromatic rings. The molecule has 0 aliphatic carbocycles. The van der Waals surface area contributed by atoms with Crippen LogP contribution >= 0.6 is 15.9 Å². The van der Waals surface area contributed by atoms with E-state index in [1.165, 1.54) is 0 Å². The van der Waals surface area contributed by atoms with Gasteiger partial charge in [0.25, 0.3) is 0 Å². The number of hydrogen-bond donors (Lipinski definition) is 1. The van der Waals surface area contributed by atoms with Crippen LogP contribution < -0.4 is 10.6 Å². The van der Waals surface area contributed by atoms with Crippen molar-refractivity contribution in [1.82, 2.24) is 4.98 Å². The van der Waals surface area contributed by atoms with Gasteiger partial charge in [-0.3, -0.25) is 0 Å². The molecule has 0 radical (unpaired) electrons. The van der Waals surface area contributed by atoms with Gasteiger partial charge in [0, 0.05) is 35.4 Å². The van der Waals surface area contributed by atoms with Crippen LogP contribution in [-0.2, 0) is 6.54 Å². The van der Waals surface area contributed by atoms with E-state index in [-0.39, 0.29) is 0 Å². The first-order valence-corrected chi connectivity index (χ1v) is 6.86. The maximum atomic E-state index is 5.80. The molecule has 0 fully saturated rings. The van der Waals surface area contributed by atoms with Gasteiger partial charge < -0.3 is 10.6 Å².